The molecule has 47 heavy (non-hydrogen) atoms. The Bertz CT molecular complexity index is 2070. The fraction of sp³-hybridized carbons (Fsp3) is 0.273. The van der Waals surface area contributed by atoms with E-state index in [9.17, 15) is 24.0 Å². The average molecular weight is 670 g/mol. The van der Waals surface area contributed by atoms with Crippen molar-refractivity contribution < 1.29 is 24.0 Å². The van der Waals surface area contributed by atoms with Crippen LogP contribution in [0.15, 0.2) is 47.5 Å². The molecule has 0 bridgehead atoms. The molecule has 238 valence electrons. The third-order valence-electron chi connectivity index (χ3n) is 8.73. The Labute approximate surface area is 277 Å². The maximum atomic E-state index is 13.5. The third-order valence-corrected chi connectivity index (χ3v) is 10.2. The Balaban J connectivity index is 1.13. The van der Waals surface area contributed by atoms with Gasteiger partial charge < -0.3 is 5.32 Å². The average Bonchev–Trinajstić information content (AvgIpc) is 3.61. The molecule has 1 saturated heterocycles. The molecule has 1 unspecified atom stereocenters. The highest BCUT2D eigenvalue weighted by molar-refractivity contribution is 7.15. The van der Waals surface area contributed by atoms with Crippen molar-refractivity contribution in [1.29, 1.82) is 0 Å². The van der Waals surface area contributed by atoms with Crippen LogP contribution in [-0.4, -0.2) is 61.0 Å². The van der Waals surface area contributed by atoms with Gasteiger partial charge in [-0.1, -0.05) is 29.8 Å². The lowest BCUT2D eigenvalue weighted by Crippen LogP contribution is -2.54. The van der Waals surface area contributed by atoms with Gasteiger partial charge in [0, 0.05) is 34.0 Å². The van der Waals surface area contributed by atoms with Crippen LogP contribution in [0.25, 0.3) is 5.00 Å². The summed E-state index contributed by atoms with van der Waals surface area (Å²) in [5.74, 6) is -1.36. The Morgan fingerprint density at radius 2 is 1.77 bits per heavy atom. The maximum absolute atomic E-state index is 13.5. The number of thiophene rings is 1. The fourth-order valence-corrected chi connectivity index (χ4v) is 7.55. The van der Waals surface area contributed by atoms with Crippen LogP contribution in [0.3, 0.4) is 0 Å². The van der Waals surface area contributed by atoms with E-state index < -0.39 is 35.7 Å². The summed E-state index contributed by atoms with van der Waals surface area (Å²) in [7, 11) is 0. The summed E-state index contributed by atoms with van der Waals surface area (Å²) in [5.41, 5.74) is 4.57. The molecule has 2 N–H and O–H groups in total. The topological polar surface area (TPSA) is 156 Å². The quantitative estimate of drug-likeness (QED) is 0.295. The second-order valence-electron chi connectivity index (χ2n) is 11.7. The standard InChI is InChI=1S/C33H28ClN7O5S/c1-15-16(2)47-33-27(15)28(19-5-7-20(34)8-6-19)36-23(29-39-38-17(3)40(29)33)13-26(43)35-14-18-4-9-21-22(12-18)32(46)41(31(21)45)24-10-11-25(42)37-30(24)44/h4-9,12,23-24H,10-11,13-14H2,1-3H3,(H,35,43)(H,37,42,44)/t23-,24?/m0/s1. The van der Waals surface area contributed by atoms with Crippen molar-refractivity contribution >= 4 is 58.2 Å². The summed E-state index contributed by atoms with van der Waals surface area (Å²) >= 11 is 7.82. The van der Waals surface area contributed by atoms with Crippen molar-refractivity contribution in [2.45, 2.75) is 58.7 Å². The number of carbonyl (C=O) groups is 5. The zero-order valence-corrected chi connectivity index (χ0v) is 27.2. The summed E-state index contributed by atoms with van der Waals surface area (Å²) in [6.07, 6.45) is 0.0902. The number of halogens is 1. The second kappa shape index (κ2) is 11.7. The molecule has 2 aromatic carbocycles. The molecule has 5 heterocycles. The van der Waals surface area contributed by atoms with Gasteiger partial charge in [-0.25, -0.2) is 0 Å². The molecule has 0 radical (unpaired) electrons. The third kappa shape index (κ3) is 5.25. The molecular weight excluding hydrogens is 642 g/mol. The van der Waals surface area contributed by atoms with E-state index in [2.05, 4.69) is 34.7 Å². The number of benzene rings is 2. The van der Waals surface area contributed by atoms with Crippen molar-refractivity contribution in [1.82, 2.24) is 30.3 Å². The van der Waals surface area contributed by atoms with E-state index in [0.717, 1.165) is 37.2 Å². The summed E-state index contributed by atoms with van der Waals surface area (Å²) in [6.45, 7) is 6.08. The van der Waals surface area contributed by atoms with Crippen LogP contribution in [0.4, 0.5) is 0 Å². The number of nitrogens with one attached hydrogen (secondary N) is 2. The van der Waals surface area contributed by atoms with Crippen molar-refractivity contribution in [2.24, 2.45) is 4.99 Å². The van der Waals surface area contributed by atoms with Gasteiger partial charge in [-0.3, -0.25) is 43.7 Å². The van der Waals surface area contributed by atoms with E-state index in [-0.39, 0.29) is 42.8 Å². The van der Waals surface area contributed by atoms with Crippen molar-refractivity contribution in [3.63, 3.8) is 0 Å². The van der Waals surface area contributed by atoms with E-state index >= 15 is 0 Å². The molecule has 0 spiro atoms. The number of nitrogens with zero attached hydrogens (tertiary/aromatic N) is 5. The van der Waals surface area contributed by atoms with Crippen molar-refractivity contribution in [3.8, 4) is 5.00 Å². The Morgan fingerprint density at radius 1 is 1.02 bits per heavy atom. The maximum Gasteiger partial charge on any atom is 0.262 e. The Kier molecular flexibility index (Phi) is 7.60. The van der Waals surface area contributed by atoms with Gasteiger partial charge in [-0.2, -0.15) is 0 Å². The number of rotatable bonds is 6. The Morgan fingerprint density at radius 3 is 2.51 bits per heavy atom. The minimum Gasteiger partial charge on any atom is -0.352 e. The van der Waals surface area contributed by atoms with Gasteiger partial charge in [0.05, 0.1) is 23.3 Å². The van der Waals surface area contributed by atoms with Crippen LogP contribution >= 0.6 is 22.9 Å². The van der Waals surface area contributed by atoms with Crippen LogP contribution in [0.2, 0.25) is 5.02 Å². The minimum atomic E-state index is -1.05. The molecule has 0 aliphatic carbocycles. The van der Waals surface area contributed by atoms with Crippen LogP contribution in [0.1, 0.15) is 84.8 Å². The minimum absolute atomic E-state index is 0.0200. The number of imide groups is 2. The van der Waals surface area contributed by atoms with Gasteiger partial charge in [-0.15, -0.1) is 21.5 Å². The zero-order chi connectivity index (χ0) is 33.1. The monoisotopic (exact) mass is 669 g/mol. The first-order chi connectivity index (χ1) is 22.5. The van der Waals surface area contributed by atoms with Crippen molar-refractivity contribution in [3.05, 3.63) is 97.4 Å². The van der Waals surface area contributed by atoms with E-state index in [1.54, 1.807) is 23.5 Å². The first kappa shape index (κ1) is 30.6. The van der Waals surface area contributed by atoms with Gasteiger partial charge in [0.15, 0.2) is 5.82 Å². The molecule has 0 saturated carbocycles. The summed E-state index contributed by atoms with van der Waals surface area (Å²) < 4.78 is 1.97. The highest BCUT2D eigenvalue weighted by atomic mass is 35.5. The van der Waals surface area contributed by atoms with Crippen molar-refractivity contribution in [2.75, 3.05) is 0 Å². The summed E-state index contributed by atoms with van der Waals surface area (Å²) in [5, 5.41) is 15.4. The normalized spacial score (nSPS) is 18.7. The first-order valence-electron chi connectivity index (χ1n) is 15.0. The highest BCUT2D eigenvalue weighted by Crippen LogP contribution is 2.39. The van der Waals surface area contributed by atoms with E-state index in [1.165, 1.54) is 6.07 Å². The molecule has 4 aromatic rings. The van der Waals surface area contributed by atoms with Gasteiger partial charge in [0.1, 0.15) is 22.9 Å². The number of aromatic nitrogens is 3. The number of hydrogen-bond acceptors (Lipinski definition) is 9. The predicted octanol–water partition coefficient (Wildman–Crippen LogP) is 3.91. The molecule has 3 aliphatic rings. The number of hydrogen-bond donors (Lipinski definition) is 2. The number of piperidine rings is 1. The first-order valence-corrected chi connectivity index (χ1v) is 16.2. The number of amides is 5. The molecule has 1 fully saturated rings. The fourth-order valence-electron chi connectivity index (χ4n) is 6.21. The SMILES string of the molecule is Cc1sc2c(c1C)C(c1ccc(Cl)cc1)=N[C@@H](CC(=O)NCc1ccc3c(c1)C(=O)N(C1CCC(=O)NC1=O)C3=O)c1nnc(C)n1-2. The number of fused-ring (bicyclic) bond motifs is 4. The number of aryl methyl sites for hydroxylation is 2. The van der Waals surface area contributed by atoms with E-state index in [4.69, 9.17) is 16.6 Å². The van der Waals surface area contributed by atoms with Crippen LogP contribution in [-0.2, 0) is 20.9 Å². The molecule has 2 atom stereocenters. The zero-order valence-electron chi connectivity index (χ0n) is 25.6. The lowest BCUT2D eigenvalue weighted by Gasteiger charge is -2.27. The van der Waals surface area contributed by atoms with Crippen LogP contribution in [0.5, 0.6) is 0 Å². The summed E-state index contributed by atoms with van der Waals surface area (Å²) in [6, 6.07) is 10.5. The Hall–Kier alpha value is -5.01. The highest BCUT2D eigenvalue weighted by Gasteiger charge is 2.44. The largest absolute Gasteiger partial charge is 0.352 e. The lowest BCUT2D eigenvalue weighted by molar-refractivity contribution is -0.136. The van der Waals surface area contributed by atoms with Gasteiger partial charge >= 0.3 is 0 Å². The molecule has 7 rings (SSSR count). The van der Waals surface area contributed by atoms with Gasteiger partial charge in [-0.05, 0) is 62.6 Å². The molecule has 3 aliphatic heterocycles. The summed E-state index contributed by atoms with van der Waals surface area (Å²) in [4.78, 5) is 70.9. The second-order valence-corrected chi connectivity index (χ2v) is 13.4. The molecule has 12 nitrogen and oxygen atoms in total. The number of aliphatic imine (C=N–C) groups is 1. The lowest BCUT2D eigenvalue weighted by atomic mass is 9.99. The molecular formula is C33H28ClN7O5S. The van der Waals surface area contributed by atoms with Gasteiger partial charge in [0.25, 0.3) is 11.8 Å². The molecule has 5 amide bonds. The smallest absolute Gasteiger partial charge is 0.262 e. The van der Waals surface area contributed by atoms with Gasteiger partial charge in [0.2, 0.25) is 17.7 Å². The van der Waals surface area contributed by atoms with Crippen LogP contribution < -0.4 is 10.6 Å². The predicted molar refractivity (Wildman–Crippen MR) is 173 cm³/mol. The molecule has 2 aromatic heterocycles. The number of carbonyl (C=O) groups excluding carboxylic acids is 5. The van der Waals surface area contributed by atoms with E-state index in [0.29, 0.717) is 22.2 Å². The molecule has 14 heteroatoms. The van der Waals surface area contributed by atoms with E-state index in [1.807, 2.05) is 35.8 Å². The van der Waals surface area contributed by atoms with Crippen LogP contribution in [0, 0.1) is 20.8 Å².